The molecule has 25 heavy (non-hydrogen) atoms. The standard InChI is InChI=1S/C19H14Br2N4/c20-15-8-6-14(7-9-15)19(24-22-17-4-2-1-3-5-17)25-23-18-12-10-16(21)11-13-18/h1-13,22H. The topological polar surface area (TPSA) is 49.1 Å². The Balaban J connectivity index is 1.88. The molecule has 4 nitrogen and oxygen atoms in total. The summed E-state index contributed by atoms with van der Waals surface area (Å²) >= 11 is 6.85. The van der Waals surface area contributed by atoms with Crippen molar-refractivity contribution in [1.29, 1.82) is 0 Å². The number of benzene rings is 3. The molecule has 0 aromatic heterocycles. The van der Waals surface area contributed by atoms with Crippen molar-refractivity contribution in [3.63, 3.8) is 0 Å². The van der Waals surface area contributed by atoms with Crippen LogP contribution >= 0.6 is 31.9 Å². The van der Waals surface area contributed by atoms with Gasteiger partial charge in [-0.3, -0.25) is 5.43 Å². The second-order valence-corrected chi connectivity index (χ2v) is 6.93. The summed E-state index contributed by atoms with van der Waals surface area (Å²) in [6, 6.07) is 25.1. The summed E-state index contributed by atoms with van der Waals surface area (Å²) in [5.74, 6) is 0.499. The maximum absolute atomic E-state index is 4.41. The monoisotopic (exact) mass is 456 g/mol. The van der Waals surface area contributed by atoms with E-state index in [1.54, 1.807) is 0 Å². The first kappa shape index (κ1) is 17.5. The molecule has 0 unspecified atom stereocenters. The number of hydrogen-bond donors (Lipinski definition) is 1. The van der Waals surface area contributed by atoms with Crippen molar-refractivity contribution in [1.82, 2.24) is 0 Å². The molecular weight excluding hydrogens is 444 g/mol. The molecule has 0 saturated heterocycles. The molecule has 0 amide bonds. The number of hydrazone groups is 1. The Hall–Kier alpha value is -2.31. The SMILES string of the molecule is Brc1ccc(N=NC(=NNc2ccccc2)c2ccc(Br)cc2)cc1. The number of azo groups is 1. The lowest BCUT2D eigenvalue weighted by Crippen LogP contribution is -2.01. The lowest BCUT2D eigenvalue weighted by Gasteiger charge is -2.03. The zero-order valence-corrected chi connectivity index (χ0v) is 16.3. The molecular formula is C19H14Br2N4. The zero-order chi connectivity index (χ0) is 17.5. The molecule has 0 fully saturated rings. The van der Waals surface area contributed by atoms with E-state index in [1.807, 2.05) is 78.9 Å². The molecule has 0 heterocycles. The van der Waals surface area contributed by atoms with E-state index >= 15 is 0 Å². The minimum Gasteiger partial charge on any atom is -0.276 e. The van der Waals surface area contributed by atoms with Crippen molar-refractivity contribution in [2.75, 3.05) is 5.43 Å². The van der Waals surface area contributed by atoms with Gasteiger partial charge in [-0.25, -0.2) is 0 Å². The first-order valence-corrected chi connectivity index (χ1v) is 9.11. The van der Waals surface area contributed by atoms with Crippen LogP contribution in [0.1, 0.15) is 5.56 Å². The highest BCUT2D eigenvalue weighted by Gasteiger charge is 2.03. The van der Waals surface area contributed by atoms with Gasteiger partial charge in [0.25, 0.3) is 0 Å². The molecule has 3 aromatic carbocycles. The predicted molar refractivity (Wildman–Crippen MR) is 109 cm³/mol. The van der Waals surface area contributed by atoms with Gasteiger partial charge in [0.1, 0.15) is 0 Å². The summed E-state index contributed by atoms with van der Waals surface area (Å²) in [7, 11) is 0. The third kappa shape index (κ3) is 5.34. The summed E-state index contributed by atoms with van der Waals surface area (Å²) in [6.45, 7) is 0. The van der Waals surface area contributed by atoms with Gasteiger partial charge in [0, 0.05) is 14.5 Å². The van der Waals surface area contributed by atoms with Crippen molar-refractivity contribution in [2.45, 2.75) is 0 Å². The van der Waals surface area contributed by atoms with Gasteiger partial charge < -0.3 is 0 Å². The first-order valence-electron chi connectivity index (χ1n) is 7.53. The van der Waals surface area contributed by atoms with Crippen molar-refractivity contribution < 1.29 is 0 Å². The molecule has 6 heteroatoms. The molecule has 0 aliphatic heterocycles. The first-order chi connectivity index (χ1) is 12.2. The van der Waals surface area contributed by atoms with Gasteiger partial charge in [-0.1, -0.05) is 50.1 Å². The third-order valence-electron chi connectivity index (χ3n) is 3.25. The van der Waals surface area contributed by atoms with Crippen LogP contribution in [0.2, 0.25) is 0 Å². The van der Waals surface area contributed by atoms with Gasteiger partial charge in [-0.05, 0) is 60.7 Å². The molecule has 3 rings (SSSR count). The fraction of sp³-hybridized carbons (Fsp3) is 0. The average molecular weight is 458 g/mol. The van der Waals surface area contributed by atoms with Gasteiger partial charge in [-0.15, -0.1) is 10.2 Å². The van der Waals surface area contributed by atoms with Gasteiger partial charge >= 0.3 is 0 Å². The smallest absolute Gasteiger partial charge is 0.201 e. The number of para-hydroxylation sites is 1. The van der Waals surface area contributed by atoms with Crippen LogP contribution in [0.15, 0.2) is 103 Å². The third-order valence-corrected chi connectivity index (χ3v) is 4.31. The van der Waals surface area contributed by atoms with Crippen LogP contribution in [0.25, 0.3) is 0 Å². The average Bonchev–Trinajstić information content (AvgIpc) is 2.65. The van der Waals surface area contributed by atoms with Gasteiger partial charge in [0.2, 0.25) is 5.84 Å². The van der Waals surface area contributed by atoms with Crippen LogP contribution in [0.4, 0.5) is 11.4 Å². The van der Waals surface area contributed by atoms with E-state index in [-0.39, 0.29) is 0 Å². The molecule has 3 aromatic rings. The number of nitrogens with one attached hydrogen (secondary N) is 1. The van der Waals surface area contributed by atoms with E-state index < -0.39 is 0 Å². The van der Waals surface area contributed by atoms with Crippen molar-refractivity contribution >= 4 is 49.1 Å². The molecule has 0 atom stereocenters. The Labute approximate surface area is 163 Å². The summed E-state index contributed by atoms with van der Waals surface area (Å²) in [5.41, 5.74) is 5.53. The number of halogens is 2. The summed E-state index contributed by atoms with van der Waals surface area (Å²) in [6.07, 6.45) is 0. The quantitative estimate of drug-likeness (QED) is 0.200. The van der Waals surface area contributed by atoms with Crippen molar-refractivity contribution in [3.05, 3.63) is 93.4 Å². The molecule has 0 saturated carbocycles. The van der Waals surface area contributed by atoms with Crippen LogP contribution in [0, 0.1) is 0 Å². The molecule has 0 bridgehead atoms. The van der Waals surface area contributed by atoms with Crippen LogP contribution in [-0.2, 0) is 0 Å². The lowest BCUT2D eigenvalue weighted by atomic mass is 10.2. The lowest BCUT2D eigenvalue weighted by molar-refractivity contribution is 1.22. The van der Waals surface area contributed by atoms with E-state index in [2.05, 4.69) is 52.6 Å². The largest absolute Gasteiger partial charge is 0.276 e. The van der Waals surface area contributed by atoms with E-state index in [9.17, 15) is 0 Å². The maximum Gasteiger partial charge on any atom is 0.201 e. The second-order valence-electron chi connectivity index (χ2n) is 5.10. The fourth-order valence-electron chi connectivity index (χ4n) is 1.99. The zero-order valence-electron chi connectivity index (χ0n) is 13.1. The molecule has 0 aliphatic carbocycles. The Kier molecular flexibility index (Phi) is 6.09. The number of anilines is 1. The Morgan fingerprint density at radius 1 is 0.720 bits per heavy atom. The molecule has 0 spiro atoms. The predicted octanol–water partition coefficient (Wildman–Crippen LogP) is 6.77. The van der Waals surface area contributed by atoms with Gasteiger partial charge in [-0.2, -0.15) is 5.10 Å². The van der Waals surface area contributed by atoms with Crippen LogP contribution in [0.5, 0.6) is 0 Å². The van der Waals surface area contributed by atoms with Gasteiger partial charge in [0.15, 0.2) is 0 Å². The van der Waals surface area contributed by atoms with E-state index in [4.69, 9.17) is 0 Å². The van der Waals surface area contributed by atoms with E-state index in [0.29, 0.717) is 5.84 Å². The highest BCUT2D eigenvalue weighted by molar-refractivity contribution is 9.10. The molecule has 0 radical (unpaired) electrons. The minimum absolute atomic E-state index is 0.499. The van der Waals surface area contributed by atoms with E-state index in [0.717, 1.165) is 25.9 Å². The summed E-state index contributed by atoms with van der Waals surface area (Å²) < 4.78 is 2.00. The number of amidine groups is 1. The second kappa shape index (κ2) is 8.69. The van der Waals surface area contributed by atoms with Crippen LogP contribution < -0.4 is 5.43 Å². The maximum atomic E-state index is 4.41. The molecule has 1 N–H and O–H groups in total. The summed E-state index contributed by atoms with van der Waals surface area (Å²) in [5, 5.41) is 13.0. The van der Waals surface area contributed by atoms with Crippen LogP contribution in [-0.4, -0.2) is 5.84 Å². The highest BCUT2D eigenvalue weighted by atomic mass is 79.9. The fourth-order valence-corrected chi connectivity index (χ4v) is 2.52. The van der Waals surface area contributed by atoms with Crippen molar-refractivity contribution in [2.24, 2.45) is 15.3 Å². The molecule has 124 valence electrons. The van der Waals surface area contributed by atoms with Crippen molar-refractivity contribution in [3.8, 4) is 0 Å². The molecule has 0 aliphatic rings. The number of hydrogen-bond acceptors (Lipinski definition) is 3. The Morgan fingerprint density at radius 2 is 1.32 bits per heavy atom. The number of rotatable bonds is 4. The highest BCUT2D eigenvalue weighted by Crippen LogP contribution is 2.18. The summed E-state index contributed by atoms with van der Waals surface area (Å²) in [4.78, 5) is 0. The van der Waals surface area contributed by atoms with Gasteiger partial charge in [0.05, 0.1) is 11.4 Å². The Morgan fingerprint density at radius 3 is 1.96 bits per heavy atom. The van der Waals surface area contributed by atoms with E-state index in [1.165, 1.54) is 0 Å². The van der Waals surface area contributed by atoms with Crippen LogP contribution in [0.3, 0.4) is 0 Å². The normalized spacial score (nSPS) is 11.7. The Bertz CT molecular complexity index is 874. The minimum atomic E-state index is 0.499. The number of nitrogens with zero attached hydrogens (tertiary/aromatic N) is 3.